The zero-order valence-electron chi connectivity index (χ0n) is 8.27. The summed E-state index contributed by atoms with van der Waals surface area (Å²) in [6, 6.07) is 4.23. The monoisotopic (exact) mass is 250 g/mol. The summed E-state index contributed by atoms with van der Waals surface area (Å²) in [6.45, 7) is 0. The van der Waals surface area contributed by atoms with Gasteiger partial charge in [-0.2, -0.15) is 0 Å². The number of nitrogens with two attached hydrogens (primary N) is 1. The maximum absolute atomic E-state index is 11.8. The summed E-state index contributed by atoms with van der Waals surface area (Å²) in [4.78, 5) is 4.53. The Kier molecular flexibility index (Phi) is 3.56. The van der Waals surface area contributed by atoms with E-state index in [1.807, 2.05) is 0 Å². The molecule has 0 unspecified atom stereocenters. The van der Waals surface area contributed by atoms with Crippen molar-refractivity contribution in [1.82, 2.24) is 4.47 Å². The molecule has 0 aliphatic rings. The minimum Gasteiger partial charge on any atom is -0.399 e. The predicted octanol–water partition coefficient (Wildman–Crippen LogP) is 1.10. The standard InChI is InChI=1S/C8H11ClN2O3S/c1-11(14-2)15(12,13)8-5-6(10)3-4-7(8)9/h3-5H,10H2,1-2H3. The summed E-state index contributed by atoms with van der Waals surface area (Å²) in [5.41, 5.74) is 5.81. The fraction of sp³-hybridized carbons (Fsp3) is 0.250. The lowest BCUT2D eigenvalue weighted by Crippen LogP contribution is -2.26. The Morgan fingerprint density at radius 1 is 1.47 bits per heavy atom. The van der Waals surface area contributed by atoms with Crippen molar-refractivity contribution in [3.63, 3.8) is 0 Å². The molecule has 15 heavy (non-hydrogen) atoms. The van der Waals surface area contributed by atoms with Crippen molar-refractivity contribution < 1.29 is 13.3 Å². The lowest BCUT2D eigenvalue weighted by Gasteiger charge is -2.15. The van der Waals surface area contributed by atoms with Gasteiger partial charge in [-0.3, -0.25) is 4.84 Å². The Morgan fingerprint density at radius 3 is 2.60 bits per heavy atom. The van der Waals surface area contributed by atoms with Crippen molar-refractivity contribution in [1.29, 1.82) is 0 Å². The average molecular weight is 251 g/mol. The largest absolute Gasteiger partial charge is 0.399 e. The van der Waals surface area contributed by atoms with Crippen LogP contribution in [0.1, 0.15) is 0 Å². The third kappa shape index (κ3) is 2.40. The Balaban J connectivity index is 3.33. The first kappa shape index (κ1) is 12.3. The van der Waals surface area contributed by atoms with Crippen LogP contribution in [0.5, 0.6) is 0 Å². The smallest absolute Gasteiger partial charge is 0.266 e. The van der Waals surface area contributed by atoms with Crippen LogP contribution < -0.4 is 5.73 Å². The highest BCUT2D eigenvalue weighted by molar-refractivity contribution is 7.89. The molecule has 0 heterocycles. The molecule has 5 nitrogen and oxygen atoms in total. The Hall–Kier alpha value is -0.820. The summed E-state index contributed by atoms with van der Waals surface area (Å²) in [6.07, 6.45) is 0. The van der Waals surface area contributed by atoms with Crippen molar-refractivity contribution in [2.75, 3.05) is 19.9 Å². The van der Waals surface area contributed by atoms with Crippen molar-refractivity contribution in [3.8, 4) is 0 Å². The molecule has 1 rings (SSSR count). The normalized spacial score (nSPS) is 12.0. The maximum atomic E-state index is 11.8. The van der Waals surface area contributed by atoms with Gasteiger partial charge in [-0.15, -0.1) is 0 Å². The molecule has 0 bridgehead atoms. The van der Waals surface area contributed by atoms with Crippen molar-refractivity contribution >= 4 is 27.3 Å². The highest BCUT2D eigenvalue weighted by Crippen LogP contribution is 2.25. The summed E-state index contributed by atoms with van der Waals surface area (Å²) >= 11 is 5.76. The van der Waals surface area contributed by atoms with Gasteiger partial charge in [0.2, 0.25) is 0 Å². The van der Waals surface area contributed by atoms with Crippen LogP contribution in [-0.2, 0) is 14.9 Å². The van der Waals surface area contributed by atoms with E-state index in [1.165, 1.54) is 32.4 Å². The molecular weight excluding hydrogens is 240 g/mol. The topological polar surface area (TPSA) is 72.6 Å². The molecular formula is C8H11ClN2O3S. The molecule has 0 saturated carbocycles. The second-order valence-electron chi connectivity index (χ2n) is 2.79. The Labute approximate surface area is 93.4 Å². The van der Waals surface area contributed by atoms with Gasteiger partial charge < -0.3 is 5.73 Å². The number of benzene rings is 1. The van der Waals surface area contributed by atoms with Crippen LogP contribution in [0.2, 0.25) is 5.02 Å². The van der Waals surface area contributed by atoms with E-state index in [1.54, 1.807) is 0 Å². The third-order valence-electron chi connectivity index (χ3n) is 1.83. The van der Waals surface area contributed by atoms with E-state index >= 15 is 0 Å². The summed E-state index contributed by atoms with van der Waals surface area (Å²) in [5, 5.41) is 0.105. The number of rotatable bonds is 3. The molecule has 0 atom stereocenters. The number of nitrogen functional groups attached to an aromatic ring is 1. The third-order valence-corrected chi connectivity index (χ3v) is 3.99. The number of sulfonamides is 1. The van der Waals surface area contributed by atoms with E-state index in [9.17, 15) is 8.42 Å². The van der Waals surface area contributed by atoms with Gasteiger partial charge in [-0.05, 0) is 18.2 Å². The molecule has 0 aliphatic heterocycles. The van der Waals surface area contributed by atoms with Crippen LogP contribution in [0.3, 0.4) is 0 Å². The maximum Gasteiger partial charge on any atom is 0.266 e. The van der Waals surface area contributed by atoms with Crippen molar-refractivity contribution in [3.05, 3.63) is 23.2 Å². The average Bonchev–Trinajstić information content (AvgIpc) is 2.20. The number of hydrogen-bond acceptors (Lipinski definition) is 4. The van der Waals surface area contributed by atoms with Gasteiger partial charge in [0.05, 0.1) is 12.1 Å². The van der Waals surface area contributed by atoms with Gasteiger partial charge in [0.15, 0.2) is 0 Å². The lowest BCUT2D eigenvalue weighted by molar-refractivity contribution is -0.0258. The molecule has 1 aromatic carbocycles. The second kappa shape index (κ2) is 4.36. The number of nitrogens with zero attached hydrogens (tertiary/aromatic N) is 1. The minimum atomic E-state index is -3.74. The molecule has 7 heteroatoms. The van der Waals surface area contributed by atoms with Gasteiger partial charge in [0, 0.05) is 12.7 Å². The van der Waals surface area contributed by atoms with Gasteiger partial charge in [0.1, 0.15) is 4.90 Å². The summed E-state index contributed by atoms with van der Waals surface area (Å²) in [7, 11) is -1.22. The zero-order valence-corrected chi connectivity index (χ0v) is 9.84. The van der Waals surface area contributed by atoms with Crippen LogP contribution in [0.4, 0.5) is 5.69 Å². The van der Waals surface area contributed by atoms with E-state index in [2.05, 4.69) is 4.84 Å². The number of halogens is 1. The van der Waals surface area contributed by atoms with Crippen LogP contribution in [0.25, 0.3) is 0 Å². The van der Waals surface area contributed by atoms with E-state index < -0.39 is 10.0 Å². The van der Waals surface area contributed by atoms with Crippen LogP contribution in [0.15, 0.2) is 23.1 Å². The van der Waals surface area contributed by atoms with Crippen LogP contribution in [0, 0.1) is 0 Å². The molecule has 2 N–H and O–H groups in total. The molecule has 0 aliphatic carbocycles. The van der Waals surface area contributed by atoms with E-state index in [-0.39, 0.29) is 9.92 Å². The van der Waals surface area contributed by atoms with Crippen LogP contribution >= 0.6 is 11.6 Å². The van der Waals surface area contributed by atoms with E-state index in [4.69, 9.17) is 17.3 Å². The first-order valence-electron chi connectivity index (χ1n) is 3.97. The highest BCUT2D eigenvalue weighted by atomic mass is 35.5. The zero-order chi connectivity index (χ0) is 11.6. The quantitative estimate of drug-likeness (QED) is 0.644. The summed E-state index contributed by atoms with van der Waals surface area (Å²) in [5.74, 6) is 0. The number of anilines is 1. The molecule has 0 saturated heterocycles. The van der Waals surface area contributed by atoms with Crippen molar-refractivity contribution in [2.45, 2.75) is 4.90 Å². The fourth-order valence-corrected chi connectivity index (χ4v) is 2.44. The molecule has 0 radical (unpaired) electrons. The van der Waals surface area contributed by atoms with E-state index in [0.29, 0.717) is 10.2 Å². The molecule has 0 fully saturated rings. The summed E-state index contributed by atoms with van der Waals surface area (Å²) < 4.78 is 24.3. The first-order chi connectivity index (χ1) is 6.89. The Bertz CT molecular complexity index is 461. The predicted molar refractivity (Wildman–Crippen MR) is 57.8 cm³/mol. The highest BCUT2D eigenvalue weighted by Gasteiger charge is 2.23. The van der Waals surface area contributed by atoms with Gasteiger partial charge in [-0.1, -0.05) is 16.1 Å². The molecule has 0 spiro atoms. The molecule has 0 aromatic heterocycles. The molecule has 84 valence electrons. The fourth-order valence-electron chi connectivity index (χ4n) is 0.954. The lowest BCUT2D eigenvalue weighted by atomic mass is 10.3. The van der Waals surface area contributed by atoms with E-state index in [0.717, 1.165) is 0 Å². The van der Waals surface area contributed by atoms with Crippen molar-refractivity contribution in [2.24, 2.45) is 0 Å². The van der Waals surface area contributed by atoms with Gasteiger partial charge in [-0.25, -0.2) is 8.42 Å². The first-order valence-corrected chi connectivity index (χ1v) is 5.79. The van der Waals surface area contributed by atoms with Gasteiger partial charge in [0.25, 0.3) is 10.0 Å². The minimum absolute atomic E-state index is 0.0754. The number of hydrogen-bond donors (Lipinski definition) is 1. The second-order valence-corrected chi connectivity index (χ2v) is 5.10. The molecule has 0 amide bonds. The van der Waals surface area contributed by atoms with Gasteiger partial charge >= 0.3 is 0 Å². The molecule has 1 aromatic rings. The Morgan fingerprint density at radius 2 is 2.07 bits per heavy atom. The van der Waals surface area contributed by atoms with Crippen LogP contribution in [-0.4, -0.2) is 27.0 Å². The SMILES string of the molecule is CON(C)S(=O)(=O)c1cc(N)ccc1Cl. The number of hydroxylamine groups is 1.